The second-order valence-electron chi connectivity index (χ2n) is 4.44. The number of nitrogens with zero attached hydrogens (tertiary/aromatic N) is 1. The molecule has 0 radical (unpaired) electrons. The average Bonchev–Trinajstić information content (AvgIpc) is 2.98. The van der Waals surface area contributed by atoms with E-state index in [1.165, 1.54) is 6.92 Å². The Morgan fingerprint density at radius 2 is 2.00 bits per heavy atom. The monoisotopic (exact) mass is 273 g/mol. The SMILES string of the molecule is CC(C(=O)O)C(=O)NCc1ccc(-c2ccn[nH]2)cc1. The van der Waals surface area contributed by atoms with Crippen molar-refractivity contribution in [3.8, 4) is 11.3 Å². The van der Waals surface area contributed by atoms with Crippen LogP contribution in [0.2, 0.25) is 0 Å². The molecule has 0 bridgehead atoms. The fourth-order valence-electron chi connectivity index (χ4n) is 1.67. The van der Waals surface area contributed by atoms with Crippen LogP contribution in [0.25, 0.3) is 11.3 Å². The number of aliphatic carboxylic acids is 1. The van der Waals surface area contributed by atoms with Crippen molar-refractivity contribution in [1.29, 1.82) is 0 Å². The Bertz CT molecular complexity index is 591. The highest BCUT2D eigenvalue weighted by molar-refractivity contribution is 5.96. The molecule has 1 heterocycles. The van der Waals surface area contributed by atoms with E-state index in [4.69, 9.17) is 5.11 Å². The second kappa shape index (κ2) is 6.01. The lowest BCUT2D eigenvalue weighted by molar-refractivity contribution is -0.146. The van der Waals surface area contributed by atoms with Crippen molar-refractivity contribution in [2.45, 2.75) is 13.5 Å². The quantitative estimate of drug-likeness (QED) is 0.718. The van der Waals surface area contributed by atoms with Gasteiger partial charge in [-0.1, -0.05) is 24.3 Å². The van der Waals surface area contributed by atoms with Crippen molar-refractivity contribution in [3.63, 3.8) is 0 Å². The second-order valence-corrected chi connectivity index (χ2v) is 4.44. The number of hydrogen-bond donors (Lipinski definition) is 3. The van der Waals surface area contributed by atoms with Crippen LogP contribution in [0.4, 0.5) is 0 Å². The molecule has 2 rings (SSSR count). The van der Waals surface area contributed by atoms with Gasteiger partial charge in [0.25, 0.3) is 0 Å². The van der Waals surface area contributed by atoms with E-state index in [1.807, 2.05) is 30.3 Å². The van der Waals surface area contributed by atoms with Crippen LogP contribution in [0.15, 0.2) is 36.5 Å². The highest BCUT2D eigenvalue weighted by atomic mass is 16.4. The zero-order valence-electron chi connectivity index (χ0n) is 11.0. The van der Waals surface area contributed by atoms with Crippen LogP contribution in [0.1, 0.15) is 12.5 Å². The van der Waals surface area contributed by atoms with E-state index in [0.717, 1.165) is 16.8 Å². The van der Waals surface area contributed by atoms with E-state index in [1.54, 1.807) is 6.20 Å². The predicted molar refractivity (Wildman–Crippen MR) is 72.7 cm³/mol. The maximum Gasteiger partial charge on any atom is 0.315 e. The number of nitrogens with one attached hydrogen (secondary N) is 2. The van der Waals surface area contributed by atoms with Gasteiger partial charge in [-0.15, -0.1) is 0 Å². The number of aromatic amines is 1. The van der Waals surface area contributed by atoms with Crippen molar-refractivity contribution in [3.05, 3.63) is 42.1 Å². The highest BCUT2D eigenvalue weighted by Gasteiger charge is 2.19. The molecule has 20 heavy (non-hydrogen) atoms. The molecule has 0 saturated heterocycles. The minimum atomic E-state index is -1.13. The Kier molecular flexibility index (Phi) is 4.14. The smallest absolute Gasteiger partial charge is 0.315 e. The number of amides is 1. The van der Waals surface area contributed by atoms with Gasteiger partial charge in [-0.2, -0.15) is 5.10 Å². The first kappa shape index (κ1) is 13.8. The largest absolute Gasteiger partial charge is 0.481 e. The normalized spacial score (nSPS) is 11.8. The van der Waals surface area contributed by atoms with E-state index >= 15 is 0 Å². The molecular formula is C14H15N3O3. The first-order chi connectivity index (χ1) is 9.58. The van der Waals surface area contributed by atoms with Gasteiger partial charge in [0.2, 0.25) is 5.91 Å². The third-order valence-corrected chi connectivity index (χ3v) is 3.00. The number of carbonyl (C=O) groups is 2. The van der Waals surface area contributed by atoms with Crippen LogP contribution in [-0.4, -0.2) is 27.2 Å². The summed E-state index contributed by atoms with van der Waals surface area (Å²) in [5.41, 5.74) is 2.82. The zero-order valence-corrected chi connectivity index (χ0v) is 11.0. The standard InChI is InChI=1S/C14H15N3O3/c1-9(14(19)20)13(18)15-8-10-2-4-11(5-3-10)12-6-7-16-17-12/h2-7,9H,8H2,1H3,(H,15,18)(H,16,17)(H,19,20). The predicted octanol–water partition coefficient (Wildman–Crippen LogP) is 1.41. The molecule has 2 aromatic rings. The van der Waals surface area contributed by atoms with E-state index in [9.17, 15) is 9.59 Å². The van der Waals surface area contributed by atoms with Crippen LogP contribution in [0.5, 0.6) is 0 Å². The number of H-pyrrole nitrogens is 1. The minimum absolute atomic E-state index is 0.305. The Morgan fingerprint density at radius 3 is 2.55 bits per heavy atom. The Labute approximate surface area is 115 Å². The Balaban J connectivity index is 1.95. The van der Waals surface area contributed by atoms with Gasteiger partial charge in [0.15, 0.2) is 0 Å². The molecule has 0 saturated carbocycles. The van der Waals surface area contributed by atoms with Gasteiger partial charge >= 0.3 is 5.97 Å². The van der Waals surface area contributed by atoms with Crippen LogP contribution in [-0.2, 0) is 16.1 Å². The molecule has 1 aromatic carbocycles. The molecule has 0 spiro atoms. The Morgan fingerprint density at radius 1 is 1.30 bits per heavy atom. The molecule has 104 valence electrons. The molecule has 1 amide bonds. The lowest BCUT2D eigenvalue weighted by Gasteiger charge is -2.08. The highest BCUT2D eigenvalue weighted by Crippen LogP contribution is 2.16. The molecule has 1 unspecified atom stereocenters. The van der Waals surface area contributed by atoms with Gasteiger partial charge in [0.05, 0.1) is 5.69 Å². The van der Waals surface area contributed by atoms with Crippen molar-refractivity contribution in [2.75, 3.05) is 0 Å². The van der Waals surface area contributed by atoms with Crippen LogP contribution < -0.4 is 5.32 Å². The van der Waals surface area contributed by atoms with Crippen LogP contribution >= 0.6 is 0 Å². The number of carboxylic acids is 1. The molecule has 0 aliphatic carbocycles. The first-order valence-corrected chi connectivity index (χ1v) is 6.17. The van der Waals surface area contributed by atoms with Gasteiger partial charge < -0.3 is 10.4 Å². The van der Waals surface area contributed by atoms with E-state index < -0.39 is 17.8 Å². The minimum Gasteiger partial charge on any atom is -0.481 e. The van der Waals surface area contributed by atoms with Gasteiger partial charge in [-0.3, -0.25) is 14.7 Å². The van der Waals surface area contributed by atoms with Crippen LogP contribution in [0.3, 0.4) is 0 Å². The molecule has 1 aromatic heterocycles. The topological polar surface area (TPSA) is 95.1 Å². The third-order valence-electron chi connectivity index (χ3n) is 3.00. The van der Waals surface area contributed by atoms with Crippen molar-refractivity contribution in [1.82, 2.24) is 15.5 Å². The summed E-state index contributed by atoms with van der Waals surface area (Å²) in [5, 5.41) is 18.1. The Hall–Kier alpha value is -2.63. The molecule has 1 atom stereocenters. The fourth-order valence-corrected chi connectivity index (χ4v) is 1.67. The lowest BCUT2D eigenvalue weighted by Crippen LogP contribution is -2.33. The summed E-state index contributed by atoms with van der Waals surface area (Å²) in [4.78, 5) is 22.2. The summed E-state index contributed by atoms with van der Waals surface area (Å²) in [6.45, 7) is 1.67. The van der Waals surface area contributed by atoms with Gasteiger partial charge in [-0.05, 0) is 24.1 Å². The van der Waals surface area contributed by atoms with Crippen molar-refractivity contribution in [2.24, 2.45) is 5.92 Å². The van der Waals surface area contributed by atoms with Crippen molar-refractivity contribution < 1.29 is 14.7 Å². The number of hydrogen-bond acceptors (Lipinski definition) is 3. The van der Waals surface area contributed by atoms with E-state index in [0.29, 0.717) is 6.54 Å². The van der Waals surface area contributed by atoms with Gasteiger partial charge in [-0.25, -0.2) is 0 Å². The molecule has 0 aliphatic heterocycles. The summed E-state index contributed by atoms with van der Waals surface area (Å²) < 4.78 is 0. The van der Waals surface area contributed by atoms with Crippen LogP contribution in [0, 0.1) is 5.92 Å². The van der Waals surface area contributed by atoms with E-state index in [2.05, 4.69) is 15.5 Å². The summed E-state index contributed by atoms with van der Waals surface area (Å²) in [7, 11) is 0. The first-order valence-electron chi connectivity index (χ1n) is 6.17. The van der Waals surface area contributed by atoms with Gasteiger partial charge in [0, 0.05) is 12.7 Å². The number of benzene rings is 1. The number of carbonyl (C=O) groups excluding carboxylic acids is 1. The number of rotatable bonds is 5. The van der Waals surface area contributed by atoms with Crippen molar-refractivity contribution >= 4 is 11.9 Å². The fraction of sp³-hybridized carbons (Fsp3) is 0.214. The molecule has 0 aliphatic rings. The lowest BCUT2D eigenvalue weighted by atomic mass is 10.1. The summed E-state index contributed by atoms with van der Waals surface area (Å²) in [6, 6.07) is 9.44. The summed E-state index contributed by atoms with van der Waals surface area (Å²) in [6.07, 6.45) is 1.68. The summed E-state index contributed by atoms with van der Waals surface area (Å²) in [5.74, 6) is -2.66. The summed E-state index contributed by atoms with van der Waals surface area (Å²) >= 11 is 0. The zero-order chi connectivity index (χ0) is 14.5. The maximum atomic E-state index is 11.5. The number of aromatic nitrogens is 2. The van der Waals surface area contributed by atoms with E-state index in [-0.39, 0.29) is 0 Å². The maximum absolute atomic E-state index is 11.5. The third kappa shape index (κ3) is 3.23. The molecule has 6 nitrogen and oxygen atoms in total. The molecular weight excluding hydrogens is 258 g/mol. The van der Waals surface area contributed by atoms with Gasteiger partial charge in [0.1, 0.15) is 5.92 Å². The number of carboxylic acid groups (broad SMARTS) is 1. The molecule has 6 heteroatoms. The molecule has 3 N–H and O–H groups in total. The molecule has 0 fully saturated rings. The average molecular weight is 273 g/mol.